The van der Waals surface area contributed by atoms with E-state index in [4.69, 9.17) is 14.7 Å². The first-order chi connectivity index (χ1) is 8.80. The van der Waals surface area contributed by atoms with Gasteiger partial charge in [0.05, 0.1) is 11.6 Å². The number of nitriles is 1. The molecule has 0 saturated heterocycles. The fourth-order valence-electron chi connectivity index (χ4n) is 1.62. The number of ether oxygens (including phenoxy) is 2. The summed E-state index contributed by atoms with van der Waals surface area (Å²) < 4.78 is 10.9. The lowest BCUT2D eigenvalue weighted by Gasteiger charge is -2.17. The number of rotatable bonds is 8. The zero-order valence-electron chi connectivity index (χ0n) is 11.0. The largest absolute Gasteiger partial charge is 0.385 e. The second-order valence-electron chi connectivity index (χ2n) is 3.75. The van der Waals surface area contributed by atoms with E-state index >= 15 is 0 Å². The van der Waals surface area contributed by atoms with Crippen molar-refractivity contribution in [2.24, 2.45) is 0 Å². The minimum absolute atomic E-state index is 0.161. The van der Waals surface area contributed by atoms with Crippen molar-refractivity contribution in [3.8, 4) is 6.07 Å². The van der Waals surface area contributed by atoms with E-state index < -0.39 is 0 Å². The van der Waals surface area contributed by atoms with Crippen molar-refractivity contribution >= 4 is 5.69 Å². The van der Waals surface area contributed by atoms with E-state index in [1.165, 1.54) is 0 Å². The maximum Gasteiger partial charge on any atom is 0.159 e. The molecule has 0 bridgehead atoms. The molecule has 18 heavy (non-hydrogen) atoms. The number of hydrogen-bond donors (Lipinski definition) is 1. The van der Waals surface area contributed by atoms with Crippen LogP contribution in [0.2, 0.25) is 0 Å². The second kappa shape index (κ2) is 8.51. The Bertz CT molecular complexity index is 382. The Morgan fingerprint density at radius 1 is 1.28 bits per heavy atom. The van der Waals surface area contributed by atoms with Crippen LogP contribution in [0.15, 0.2) is 24.3 Å². The van der Waals surface area contributed by atoms with Crippen molar-refractivity contribution < 1.29 is 9.47 Å². The monoisotopic (exact) mass is 248 g/mol. The summed E-state index contributed by atoms with van der Waals surface area (Å²) in [6, 6.07) is 9.54. The Labute approximate surface area is 109 Å². The molecule has 0 radical (unpaired) electrons. The van der Waals surface area contributed by atoms with E-state index in [1.807, 2.05) is 32.0 Å². The first kappa shape index (κ1) is 14.5. The third-order valence-corrected chi connectivity index (χ3v) is 2.41. The fourth-order valence-corrected chi connectivity index (χ4v) is 1.62. The van der Waals surface area contributed by atoms with E-state index in [1.54, 1.807) is 6.07 Å². The van der Waals surface area contributed by atoms with Gasteiger partial charge in [-0.1, -0.05) is 6.07 Å². The standard InChI is InChI=1S/C14H20N2O2/c1-3-17-14(18-4-2)8-9-16-13-7-5-6-12(10-13)11-15/h5-7,10,14,16H,3-4,8-9H2,1-2H3. The third-order valence-electron chi connectivity index (χ3n) is 2.41. The number of anilines is 1. The van der Waals surface area contributed by atoms with Gasteiger partial charge in [0.2, 0.25) is 0 Å². The van der Waals surface area contributed by atoms with Gasteiger partial charge >= 0.3 is 0 Å². The SMILES string of the molecule is CCOC(CCNc1cccc(C#N)c1)OCC. The average molecular weight is 248 g/mol. The van der Waals surface area contributed by atoms with Gasteiger partial charge in [0.1, 0.15) is 0 Å². The van der Waals surface area contributed by atoms with Gasteiger partial charge in [-0.3, -0.25) is 0 Å². The third kappa shape index (κ3) is 5.17. The number of nitrogens with zero attached hydrogens (tertiary/aromatic N) is 1. The minimum atomic E-state index is -0.161. The van der Waals surface area contributed by atoms with E-state index in [9.17, 15) is 0 Å². The van der Waals surface area contributed by atoms with Crippen molar-refractivity contribution in [2.75, 3.05) is 25.1 Å². The molecule has 0 aromatic heterocycles. The van der Waals surface area contributed by atoms with E-state index in [2.05, 4.69) is 11.4 Å². The molecular weight excluding hydrogens is 228 g/mol. The Balaban J connectivity index is 2.37. The Morgan fingerprint density at radius 3 is 2.61 bits per heavy atom. The molecule has 98 valence electrons. The van der Waals surface area contributed by atoms with Crippen LogP contribution in [0.25, 0.3) is 0 Å². The highest BCUT2D eigenvalue weighted by Crippen LogP contribution is 2.10. The van der Waals surface area contributed by atoms with Gasteiger partial charge < -0.3 is 14.8 Å². The summed E-state index contributed by atoms with van der Waals surface area (Å²) in [7, 11) is 0. The normalized spacial score (nSPS) is 10.3. The molecule has 0 atom stereocenters. The smallest absolute Gasteiger partial charge is 0.159 e. The Morgan fingerprint density at radius 2 is 2.00 bits per heavy atom. The predicted molar refractivity (Wildman–Crippen MR) is 71.3 cm³/mol. The molecule has 0 saturated carbocycles. The number of nitrogens with one attached hydrogen (secondary N) is 1. The van der Waals surface area contributed by atoms with Gasteiger partial charge in [0.25, 0.3) is 0 Å². The second-order valence-corrected chi connectivity index (χ2v) is 3.75. The molecule has 1 aromatic rings. The first-order valence-corrected chi connectivity index (χ1v) is 6.27. The highest BCUT2D eigenvalue weighted by atomic mass is 16.7. The topological polar surface area (TPSA) is 54.3 Å². The van der Waals surface area contributed by atoms with Crippen molar-refractivity contribution in [1.82, 2.24) is 0 Å². The highest BCUT2D eigenvalue weighted by molar-refractivity contribution is 5.48. The maximum atomic E-state index is 8.80. The molecule has 0 unspecified atom stereocenters. The predicted octanol–water partition coefficient (Wildman–Crippen LogP) is 2.76. The van der Waals surface area contributed by atoms with Crippen LogP contribution in [0, 0.1) is 11.3 Å². The quantitative estimate of drug-likeness (QED) is 0.719. The summed E-state index contributed by atoms with van der Waals surface area (Å²) in [5.41, 5.74) is 1.60. The van der Waals surface area contributed by atoms with Gasteiger partial charge in [0.15, 0.2) is 6.29 Å². The van der Waals surface area contributed by atoms with Crippen molar-refractivity contribution in [2.45, 2.75) is 26.6 Å². The molecule has 1 N–H and O–H groups in total. The van der Waals surface area contributed by atoms with Crippen LogP contribution in [-0.2, 0) is 9.47 Å². The minimum Gasteiger partial charge on any atom is -0.385 e. The van der Waals surface area contributed by atoms with Crippen LogP contribution in [0.4, 0.5) is 5.69 Å². The zero-order chi connectivity index (χ0) is 13.2. The fraction of sp³-hybridized carbons (Fsp3) is 0.500. The summed E-state index contributed by atoms with van der Waals surface area (Å²) in [5.74, 6) is 0. The van der Waals surface area contributed by atoms with Gasteiger partial charge in [-0.15, -0.1) is 0 Å². The Hall–Kier alpha value is -1.57. The van der Waals surface area contributed by atoms with Crippen LogP contribution in [-0.4, -0.2) is 26.0 Å². The lowest BCUT2D eigenvalue weighted by atomic mass is 10.2. The van der Waals surface area contributed by atoms with E-state index in [0.717, 1.165) is 18.7 Å². The van der Waals surface area contributed by atoms with Crippen LogP contribution >= 0.6 is 0 Å². The highest BCUT2D eigenvalue weighted by Gasteiger charge is 2.06. The molecule has 4 nitrogen and oxygen atoms in total. The molecule has 1 rings (SSSR count). The average Bonchev–Trinajstić information content (AvgIpc) is 2.39. The summed E-state index contributed by atoms with van der Waals surface area (Å²) in [4.78, 5) is 0. The summed E-state index contributed by atoms with van der Waals surface area (Å²) >= 11 is 0. The van der Waals surface area contributed by atoms with Crippen molar-refractivity contribution in [3.05, 3.63) is 29.8 Å². The Kier molecular flexibility index (Phi) is 6.85. The van der Waals surface area contributed by atoms with E-state index in [0.29, 0.717) is 18.8 Å². The first-order valence-electron chi connectivity index (χ1n) is 6.27. The zero-order valence-corrected chi connectivity index (χ0v) is 11.0. The molecule has 0 spiro atoms. The van der Waals surface area contributed by atoms with Crippen molar-refractivity contribution in [3.63, 3.8) is 0 Å². The van der Waals surface area contributed by atoms with Crippen molar-refractivity contribution in [1.29, 1.82) is 5.26 Å². The lowest BCUT2D eigenvalue weighted by Crippen LogP contribution is -2.21. The molecule has 1 aromatic carbocycles. The van der Waals surface area contributed by atoms with Crippen LogP contribution in [0.5, 0.6) is 0 Å². The number of benzene rings is 1. The summed E-state index contributed by atoms with van der Waals surface area (Å²) in [5, 5.41) is 12.1. The maximum absolute atomic E-state index is 8.80. The molecule has 0 aliphatic rings. The molecule has 4 heteroatoms. The lowest BCUT2D eigenvalue weighted by molar-refractivity contribution is -0.137. The van der Waals surface area contributed by atoms with Gasteiger partial charge in [-0.2, -0.15) is 5.26 Å². The van der Waals surface area contributed by atoms with Crippen LogP contribution in [0.1, 0.15) is 25.8 Å². The molecular formula is C14H20N2O2. The molecule has 0 aliphatic heterocycles. The van der Waals surface area contributed by atoms with Crippen LogP contribution < -0.4 is 5.32 Å². The summed E-state index contributed by atoms with van der Waals surface area (Å²) in [6.07, 6.45) is 0.616. The van der Waals surface area contributed by atoms with Gasteiger partial charge in [0, 0.05) is 31.9 Å². The van der Waals surface area contributed by atoms with Gasteiger partial charge in [-0.05, 0) is 32.0 Å². The van der Waals surface area contributed by atoms with Crippen LogP contribution in [0.3, 0.4) is 0 Å². The molecule has 0 fully saturated rings. The van der Waals surface area contributed by atoms with E-state index in [-0.39, 0.29) is 6.29 Å². The van der Waals surface area contributed by atoms with Gasteiger partial charge in [-0.25, -0.2) is 0 Å². The number of hydrogen-bond acceptors (Lipinski definition) is 4. The summed E-state index contributed by atoms with van der Waals surface area (Å²) in [6.45, 7) is 5.95. The molecule has 0 aliphatic carbocycles. The molecule has 0 amide bonds. The molecule has 0 heterocycles.